The smallest absolute Gasteiger partial charge is 0.231 e. The first-order valence-electron chi connectivity index (χ1n) is 3.30. The van der Waals surface area contributed by atoms with E-state index in [9.17, 15) is 0 Å². The zero-order chi connectivity index (χ0) is 8.81. The molecule has 60 valence electrons. The second-order valence-corrected chi connectivity index (χ2v) is 2.02. The predicted molar refractivity (Wildman–Crippen MR) is 44.5 cm³/mol. The van der Waals surface area contributed by atoms with Crippen molar-refractivity contribution in [2.45, 2.75) is 0 Å². The van der Waals surface area contributed by atoms with Gasteiger partial charge in [-0.15, -0.1) is 0 Å². The zero-order valence-electron chi connectivity index (χ0n) is 6.24. The maximum Gasteiger partial charge on any atom is 0.231 e. The number of isocyanates is 1. The van der Waals surface area contributed by atoms with Crippen LogP contribution < -0.4 is 0 Å². The Bertz CT molecular complexity index is 358. The molecule has 0 spiro atoms. The third kappa shape index (κ3) is 1.78. The topological polar surface area (TPSA) is 69.6 Å². The second-order valence-electron chi connectivity index (χ2n) is 2.02. The van der Waals surface area contributed by atoms with Gasteiger partial charge in [-0.1, -0.05) is 12.1 Å². The number of rotatable bonds is 0. The highest BCUT2D eigenvalue weighted by molar-refractivity contribution is 5.73. The van der Waals surface area contributed by atoms with Gasteiger partial charge in [0.15, 0.2) is 0 Å². The molecule has 0 aliphatic rings. The molecular weight excluding hydrogens is 154 g/mol. The SMILES string of the molecule is N=C=O.c1ccc2[nH]cnc2c1. The largest absolute Gasteiger partial charge is 0.345 e. The molecule has 0 aliphatic heterocycles. The Labute approximate surface area is 68.8 Å². The summed E-state index contributed by atoms with van der Waals surface area (Å²) < 4.78 is 0. The van der Waals surface area contributed by atoms with Crippen LogP contribution in [-0.4, -0.2) is 16.0 Å². The van der Waals surface area contributed by atoms with Gasteiger partial charge in [0.2, 0.25) is 6.08 Å². The van der Waals surface area contributed by atoms with Gasteiger partial charge in [0, 0.05) is 0 Å². The molecule has 0 fully saturated rings. The van der Waals surface area contributed by atoms with Crippen LogP contribution in [0.1, 0.15) is 0 Å². The van der Waals surface area contributed by atoms with Gasteiger partial charge in [0.05, 0.1) is 17.4 Å². The molecule has 2 rings (SSSR count). The average Bonchev–Trinajstić information content (AvgIpc) is 2.52. The van der Waals surface area contributed by atoms with Gasteiger partial charge in [-0.05, 0) is 12.1 Å². The van der Waals surface area contributed by atoms with Crippen molar-refractivity contribution in [3.05, 3.63) is 30.6 Å². The van der Waals surface area contributed by atoms with Gasteiger partial charge < -0.3 is 4.98 Å². The molecule has 4 nitrogen and oxygen atoms in total. The Hall–Kier alpha value is -1.93. The van der Waals surface area contributed by atoms with E-state index in [-0.39, 0.29) is 0 Å². The lowest BCUT2D eigenvalue weighted by Crippen LogP contribution is -1.63. The highest BCUT2D eigenvalue weighted by Gasteiger charge is 1.88. The normalized spacial score (nSPS) is 8.33. The fraction of sp³-hybridized carbons (Fsp3) is 0. The predicted octanol–water partition coefficient (Wildman–Crippen LogP) is 1.46. The van der Waals surface area contributed by atoms with E-state index >= 15 is 0 Å². The highest BCUT2D eigenvalue weighted by Crippen LogP contribution is 2.05. The van der Waals surface area contributed by atoms with Crippen LogP contribution in [0.15, 0.2) is 30.6 Å². The van der Waals surface area contributed by atoms with Crippen LogP contribution in [0.4, 0.5) is 0 Å². The zero-order valence-corrected chi connectivity index (χ0v) is 6.24. The van der Waals surface area contributed by atoms with Gasteiger partial charge in [-0.25, -0.2) is 15.2 Å². The monoisotopic (exact) mass is 161 g/mol. The summed E-state index contributed by atoms with van der Waals surface area (Å²) in [5.41, 5.74) is 2.12. The molecule has 12 heavy (non-hydrogen) atoms. The van der Waals surface area contributed by atoms with E-state index in [1.807, 2.05) is 24.3 Å². The standard InChI is InChI=1S/C7H6N2.CHNO/c1-2-4-7-6(3-1)8-5-9-7;2-1-3/h1-5H,(H,8,9);2H. The summed E-state index contributed by atoms with van der Waals surface area (Å²) in [5, 5.41) is 5.40. The molecule has 2 N–H and O–H groups in total. The lowest BCUT2D eigenvalue weighted by molar-refractivity contribution is 0.563. The molecule has 0 aliphatic carbocycles. The van der Waals surface area contributed by atoms with Crippen molar-refractivity contribution < 1.29 is 4.79 Å². The number of hydrogen-bond acceptors (Lipinski definition) is 3. The van der Waals surface area contributed by atoms with E-state index in [0.717, 1.165) is 17.1 Å². The Morgan fingerprint density at radius 3 is 2.75 bits per heavy atom. The number of aromatic nitrogens is 2. The van der Waals surface area contributed by atoms with Crippen molar-refractivity contribution in [2.24, 2.45) is 0 Å². The Morgan fingerprint density at radius 2 is 2.08 bits per heavy atom. The van der Waals surface area contributed by atoms with E-state index in [1.54, 1.807) is 6.33 Å². The van der Waals surface area contributed by atoms with E-state index in [0.29, 0.717) is 0 Å². The summed E-state index contributed by atoms with van der Waals surface area (Å²) in [5.74, 6) is 0. The molecule has 2 aromatic rings. The molecule has 0 amide bonds. The Kier molecular flexibility index (Phi) is 2.76. The first-order valence-corrected chi connectivity index (χ1v) is 3.30. The summed E-state index contributed by atoms with van der Waals surface area (Å²) in [6, 6.07) is 7.94. The minimum atomic E-state index is 0.750. The Balaban J connectivity index is 0.000000213. The summed E-state index contributed by atoms with van der Waals surface area (Å²) in [7, 11) is 0. The number of benzene rings is 1. The fourth-order valence-electron chi connectivity index (χ4n) is 0.880. The maximum absolute atomic E-state index is 8.35. The molecule has 1 aromatic carbocycles. The minimum absolute atomic E-state index is 0.750. The third-order valence-corrected chi connectivity index (χ3v) is 1.33. The summed E-state index contributed by atoms with van der Waals surface area (Å²) >= 11 is 0. The van der Waals surface area contributed by atoms with E-state index in [1.165, 1.54) is 0 Å². The lowest BCUT2D eigenvalue weighted by Gasteiger charge is -1.81. The lowest BCUT2D eigenvalue weighted by atomic mass is 10.3. The molecule has 0 saturated heterocycles. The fourth-order valence-corrected chi connectivity index (χ4v) is 0.880. The van der Waals surface area contributed by atoms with Crippen LogP contribution in [-0.2, 0) is 4.79 Å². The number of hydrogen-bond donors (Lipinski definition) is 2. The van der Waals surface area contributed by atoms with Crippen molar-refractivity contribution in [1.82, 2.24) is 9.97 Å². The highest BCUT2D eigenvalue weighted by atomic mass is 16.1. The van der Waals surface area contributed by atoms with Crippen molar-refractivity contribution in [2.75, 3.05) is 0 Å². The number of nitrogens with zero attached hydrogens (tertiary/aromatic N) is 1. The van der Waals surface area contributed by atoms with Crippen LogP contribution in [0.5, 0.6) is 0 Å². The van der Waals surface area contributed by atoms with E-state index in [4.69, 9.17) is 10.2 Å². The first kappa shape index (κ1) is 8.17. The van der Waals surface area contributed by atoms with Crippen molar-refractivity contribution in [3.8, 4) is 0 Å². The molecule has 0 saturated carbocycles. The van der Waals surface area contributed by atoms with Crippen molar-refractivity contribution in [1.29, 1.82) is 5.41 Å². The Morgan fingerprint density at radius 1 is 1.42 bits per heavy atom. The second kappa shape index (κ2) is 4.05. The van der Waals surface area contributed by atoms with Crippen LogP contribution >= 0.6 is 0 Å². The van der Waals surface area contributed by atoms with Crippen molar-refractivity contribution in [3.63, 3.8) is 0 Å². The van der Waals surface area contributed by atoms with Crippen LogP contribution in [0.25, 0.3) is 11.0 Å². The van der Waals surface area contributed by atoms with Crippen molar-refractivity contribution >= 4 is 17.1 Å². The number of para-hydroxylation sites is 2. The van der Waals surface area contributed by atoms with Gasteiger partial charge in [-0.3, -0.25) is 0 Å². The van der Waals surface area contributed by atoms with Gasteiger partial charge >= 0.3 is 0 Å². The molecular formula is C8H7N3O. The number of H-pyrrole nitrogens is 1. The number of aromatic amines is 1. The van der Waals surface area contributed by atoms with Gasteiger partial charge in [0.25, 0.3) is 0 Å². The number of imidazole rings is 1. The van der Waals surface area contributed by atoms with E-state index in [2.05, 4.69) is 9.97 Å². The number of fused-ring (bicyclic) bond motifs is 1. The molecule has 0 radical (unpaired) electrons. The minimum Gasteiger partial charge on any atom is -0.345 e. The molecule has 1 aromatic heterocycles. The molecule has 4 heteroatoms. The summed E-state index contributed by atoms with van der Waals surface area (Å²) in [6.07, 6.45) is 2.45. The quantitative estimate of drug-likeness (QED) is 0.453. The molecule has 0 atom stereocenters. The van der Waals surface area contributed by atoms with Crippen LogP contribution in [0, 0.1) is 5.41 Å². The van der Waals surface area contributed by atoms with Crippen LogP contribution in [0.3, 0.4) is 0 Å². The van der Waals surface area contributed by atoms with Gasteiger partial charge in [-0.2, -0.15) is 0 Å². The van der Waals surface area contributed by atoms with Gasteiger partial charge in [0.1, 0.15) is 0 Å². The average molecular weight is 161 g/mol. The number of nitrogens with one attached hydrogen (secondary N) is 2. The molecule has 0 unspecified atom stereocenters. The third-order valence-electron chi connectivity index (χ3n) is 1.33. The summed E-state index contributed by atoms with van der Waals surface area (Å²) in [4.78, 5) is 15.4. The van der Waals surface area contributed by atoms with Crippen LogP contribution in [0.2, 0.25) is 0 Å². The summed E-state index contributed by atoms with van der Waals surface area (Å²) in [6.45, 7) is 0. The number of carbonyl (C=O) groups excluding carboxylic acids is 1. The first-order chi connectivity index (χ1) is 5.88. The molecule has 0 bridgehead atoms. The van der Waals surface area contributed by atoms with E-state index < -0.39 is 0 Å². The maximum atomic E-state index is 8.35. The molecule has 1 heterocycles.